The van der Waals surface area contributed by atoms with E-state index in [9.17, 15) is 5.11 Å². The van der Waals surface area contributed by atoms with Crippen LogP contribution in [0.4, 0.5) is 0 Å². The number of aliphatic hydroxyl groups is 1. The van der Waals surface area contributed by atoms with E-state index in [-0.39, 0.29) is 6.10 Å². The van der Waals surface area contributed by atoms with Crippen LogP contribution in [0.2, 0.25) is 0 Å². The number of benzene rings is 1. The van der Waals surface area contributed by atoms with Gasteiger partial charge in [-0.05, 0) is 55.7 Å². The van der Waals surface area contributed by atoms with Crippen LogP contribution in [0.1, 0.15) is 83.1 Å². The molecule has 0 amide bonds. The van der Waals surface area contributed by atoms with Crippen molar-refractivity contribution in [1.29, 1.82) is 0 Å². The van der Waals surface area contributed by atoms with Crippen LogP contribution in [-0.4, -0.2) is 17.8 Å². The van der Waals surface area contributed by atoms with Gasteiger partial charge in [0.25, 0.3) is 0 Å². The largest absolute Gasteiger partial charge is 0.493 e. The minimum Gasteiger partial charge on any atom is -0.493 e. The van der Waals surface area contributed by atoms with Crippen LogP contribution >= 0.6 is 0 Å². The highest BCUT2D eigenvalue weighted by Crippen LogP contribution is 2.25. The number of unbranched alkanes of at least 4 members (excludes halogenated alkanes) is 6. The third-order valence-electron chi connectivity index (χ3n) is 5.23. The first-order valence-electron chi connectivity index (χ1n) is 10.2. The van der Waals surface area contributed by atoms with Crippen LogP contribution < -0.4 is 4.74 Å². The van der Waals surface area contributed by atoms with Crippen LogP contribution in [0.3, 0.4) is 0 Å². The van der Waals surface area contributed by atoms with Gasteiger partial charge < -0.3 is 9.84 Å². The summed E-state index contributed by atoms with van der Waals surface area (Å²) in [7, 11) is 0. The quantitative estimate of drug-likeness (QED) is 0.510. The van der Waals surface area contributed by atoms with E-state index in [0.717, 1.165) is 31.6 Å². The van der Waals surface area contributed by atoms with Gasteiger partial charge in [0.1, 0.15) is 5.75 Å². The predicted molar refractivity (Wildman–Crippen MR) is 102 cm³/mol. The summed E-state index contributed by atoms with van der Waals surface area (Å²) < 4.78 is 5.92. The van der Waals surface area contributed by atoms with Crippen LogP contribution in [0.25, 0.3) is 0 Å². The van der Waals surface area contributed by atoms with E-state index >= 15 is 0 Å². The monoisotopic (exact) mass is 332 g/mol. The number of aryl methyl sites for hydroxylation is 1. The van der Waals surface area contributed by atoms with Crippen LogP contribution in [0.15, 0.2) is 24.3 Å². The second kappa shape index (κ2) is 11.5. The molecule has 1 fully saturated rings. The molecule has 24 heavy (non-hydrogen) atoms. The third-order valence-corrected chi connectivity index (χ3v) is 5.23. The molecule has 2 rings (SSSR count). The number of aliphatic hydroxyl groups excluding tert-OH is 1. The fourth-order valence-corrected chi connectivity index (χ4v) is 3.67. The molecule has 0 aliphatic heterocycles. The molecule has 0 radical (unpaired) electrons. The lowest BCUT2D eigenvalue weighted by Gasteiger charge is -2.25. The molecule has 136 valence electrons. The Kier molecular flexibility index (Phi) is 9.27. The van der Waals surface area contributed by atoms with E-state index < -0.39 is 0 Å². The number of hydrogen-bond donors (Lipinski definition) is 1. The minimum absolute atomic E-state index is 0.114. The minimum atomic E-state index is -0.114. The Morgan fingerprint density at radius 2 is 1.67 bits per heavy atom. The van der Waals surface area contributed by atoms with Gasteiger partial charge in [0.15, 0.2) is 0 Å². The van der Waals surface area contributed by atoms with Crippen molar-refractivity contribution in [2.24, 2.45) is 5.92 Å². The maximum absolute atomic E-state index is 9.72. The van der Waals surface area contributed by atoms with Crippen molar-refractivity contribution in [2.75, 3.05) is 6.61 Å². The van der Waals surface area contributed by atoms with Crippen molar-refractivity contribution in [2.45, 2.75) is 90.1 Å². The van der Waals surface area contributed by atoms with Crippen molar-refractivity contribution in [3.05, 3.63) is 29.8 Å². The SMILES string of the molecule is CCCCCCCCCc1ccc(OCC2CCCC(O)C2)cc1. The van der Waals surface area contributed by atoms with Crippen molar-refractivity contribution >= 4 is 0 Å². The molecule has 0 spiro atoms. The first-order valence-corrected chi connectivity index (χ1v) is 10.2. The van der Waals surface area contributed by atoms with Crippen molar-refractivity contribution < 1.29 is 9.84 Å². The fourth-order valence-electron chi connectivity index (χ4n) is 3.67. The van der Waals surface area contributed by atoms with Gasteiger partial charge in [-0.3, -0.25) is 0 Å². The number of ether oxygens (including phenoxy) is 1. The van der Waals surface area contributed by atoms with Gasteiger partial charge >= 0.3 is 0 Å². The fraction of sp³-hybridized carbons (Fsp3) is 0.727. The molecule has 1 aromatic carbocycles. The molecular formula is C22H36O2. The van der Waals surface area contributed by atoms with Gasteiger partial charge in [-0.15, -0.1) is 0 Å². The molecule has 0 heterocycles. The highest BCUT2D eigenvalue weighted by atomic mass is 16.5. The van der Waals surface area contributed by atoms with Crippen LogP contribution in [0.5, 0.6) is 5.75 Å². The molecule has 0 bridgehead atoms. The summed E-state index contributed by atoms with van der Waals surface area (Å²) in [6, 6.07) is 8.63. The molecule has 1 aliphatic rings. The first-order chi connectivity index (χ1) is 11.8. The zero-order chi connectivity index (χ0) is 17.0. The summed E-state index contributed by atoms with van der Waals surface area (Å²) >= 11 is 0. The third kappa shape index (κ3) is 7.70. The molecular weight excluding hydrogens is 296 g/mol. The lowest BCUT2D eigenvalue weighted by Crippen LogP contribution is -2.24. The molecule has 1 aromatic rings. The van der Waals surface area contributed by atoms with Gasteiger partial charge in [-0.1, -0.05) is 64.0 Å². The molecule has 2 atom stereocenters. The lowest BCUT2D eigenvalue weighted by atomic mass is 9.88. The molecule has 1 aliphatic carbocycles. The average molecular weight is 333 g/mol. The molecule has 1 saturated carbocycles. The van der Waals surface area contributed by atoms with Gasteiger partial charge in [0, 0.05) is 0 Å². The van der Waals surface area contributed by atoms with Gasteiger partial charge in [-0.25, -0.2) is 0 Å². The van der Waals surface area contributed by atoms with Crippen molar-refractivity contribution in [3.8, 4) is 5.75 Å². The summed E-state index contributed by atoms with van der Waals surface area (Å²) in [4.78, 5) is 0. The van der Waals surface area contributed by atoms with E-state index in [1.165, 1.54) is 63.4 Å². The number of hydrogen-bond acceptors (Lipinski definition) is 2. The van der Waals surface area contributed by atoms with Gasteiger partial charge in [0.2, 0.25) is 0 Å². The Morgan fingerprint density at radius 1 is 0.958 bits per heavy atom. The van der Waals surface area contributed by atoms with E-state index in [4.69, 9.17) is 4.74 Å². The van der Waals surface area contributed by atoms with Crippen LogP contribution in [-0.2, 0) is 6.42 Å². The summed E-state index contributed by atoms with van der Waals surface area (Å²) in [6.07, 6.45) is 14.8. The standard InChI is InChI=1S/C22H36O2/c1-2-3-4-5-6-7-8-10-19-13-15-22(16-14-19)24-18-20-11-9-12-21(23)17-20/h13-16,20-21,23H,2-12,17-18H2,1H3. The summed E-state index contributed by atoms with van der Waals surface area (Å²) in [6.45, 7) is 3.01. The summed E-state index contributed by atoms with van der Waals surface area (Å²) in [5, 5.41) is 9.72. The Labute approximate surface area is 148 Å². The van der Waals surface area contributed by atoms with Crippen molar-refractivity contribution in [3.63, 3.8) is 0 Å². The summed E-state index contributed by atoms with van der Waals surface area (Å²) in [5.74, 6) is 1.49. The summed E-state index contributed by atoms with van der Waals surface area (Å²) in [5.41, 5.74) is 1.42. The second-order valence-corrected chi connectivity index (χ2v) is 7.51. The molecule has 0 saturated heterocycles. The van der Waals surface area contributed by atoms with E-state index in [2.05, 4.69) is 31.2 Å². The zero-order valence-corrected chi connectivity index (χ0v) is 15.5. The topological polar surface area (TPSA) is 29.5 Å². The average Bonchev–Trinajstić information content (AvgIpc) is 2.60. The van der Waals surface area contributed by atoms with Gasteiger partial charge in [-0.2, -0.15) is 0 Å². The smallest absolute Gasteiger partial charge is 0.119 e. The Hall–Kier alpha value is -1.02. The highest BCUT2D eigenvalue weighted by molar-refractivity contribution is 5.27. The molecule has 2 heteroatoms. The normalized spacial score (nSPS) is 20.9. The molecule has 2 nitrogen and oxygen atoms in total. The lowest BCUT2D eigenvalue weighted by molar-refractivity contribution is 0.0809. The maximum atomic E-state index is 9.72. The molecule has 0 aromatic heterocycles. The van der Waals surface area contributed by atoms with Gasteiger partial charge in [0.05, 0.1) is 12.7 Å². The van der Waals surface area contributed by atoms with E-state index in [0.29, 0.717) is 5.92 Å². The Balaban J connectivity index is 1.58. The number of rotatable bonds is 11. The molecule has 2 unspecified atom stereocenters. The Bertz CT molecular complexity index is 426. The maximum Gasteiger partial charge on any atom is 0.119 e. The molecule has 1 N–H and O–H groups in total. The Morgan fingerprint density at radius 3 is 2.38 bits per heavy atom. The van der Waals surface area contributed by atoms with Crippen molar-refractivity contribution in [1.82, 2.24) is 0 Å². The zero-order valence-electron chi connectivity index (χ0n) is 15.5. The van der Waals surface area contributed by atoms with Crippen LogP contribution in [0, 0.1) is 5.92 Å². The first kappa shape index (κ1) is 19.3. The van der Waals surface area contributed by atoms with E-state index in [1.54, 1.807) is 0 Å². The van der Waals surface area contributed by atoms with E-state index in [1.807, 2.05) is 0 Å². The highest BCUT2D eigenvalue weighted by Gasteiger charge is 2.20. The predicted octanol–water partition coefficient (Wildman–Crippen LogP) is 5.91. The second-order valence-electron chi connectivity index (χ2n) is 7.51.